The molecule has 0 spiro atoms. The van der Waals surface area contributed by atoms with Crippen molar-refractivity contribution in [2.24, 2.45) is 0 Å². The molecule has 2 heterocycles. The first kappa shape index (κ1) is 17.2. The molecule has 138 valence electrons. The number of nitrogens with zero attached hydrogens (tertiary/aromatic N) is 2. The third-order valence-corrected chi connectivity index (χ3v) is 4.43. The second-order valence-electron chi connectivity index (χ2n) is 5.89. The topological polar surface area (TPSA) is 77.5 Å². The summed E-state index contributed by atoms with van der Waals surface area (Å²) in [6, 6.07) is 11.0. The molecule has 8 heteroatoms. The normalized spacial score (nSPS) is 12.0. The highest BCUT2D eigenvalue weighted by molar-refractivity contribution is 6.31. The van der Waals surface area contributed by atoms with Crippen molar-refractivity contribution in [2.45, 2.75) is 6.92 Å². The highest BCUT2D eigenvalue weighted by Gasteiger charge is 2.14. The molecular formula is C19H17ClN4O3. The molecule has 0 fully saturated rings. The Morgan fingerprint density at radius 1 is 1.07 bits per heavy atom. The molecule has 0 atom stereocenters. The maximum Gasteiger partial charge on any atom is 0.231 e. The molecule has 1 aliphatic rings. The Hall–Kier alpha value is -3.19. The summed E-state index contributed by atoms with van der Waals surface area (Å²) in [5.74, 6) is 3.11. The number of nitrogens with one attached hydrogen (secondary N) is 2. The summed E-state index contributed by atoms with van der Waals surface area (Å²) in [6.07, 6.45) is 1.67. The number of fused-ring (bicyclic) bond motifs is 1. The maximum atomic E-state index is 6.16. The lowest BCUT2D eigenvalue weighted by atomic mass is 10.2. The molecule has 0 radical (unpaired) electrons. The molecule has 3 aromatic rings. The Labute approximate surface area is 161 Å². The van der Waals surface area contributed by atoms with E-state index in [4.69, 9.17) is 25.8 Å². The van der Waals surface area contributed by atoms with Gasteiger partial charge in [0.2, 0.25) is 12.7 Å². The van der Waals surface area contributed by atoms with Gasteiger partial charge in [0.1, 0.15) is 11.6 Å². The highest BCUT2D eigenvalue weighted by atomic mass is 35.5. The van der Waals surface area contributed by atoms with E-state index >= 15 is 0 Å². The van der Waals surface area contributed by atoms with Gasteiger partial charge in [0, 0.05) is 29.0 Å². The third-order valence-electron chi connectivity index (χ3n) is 4.03. The van der Waals surface area contributed by atoms with E-state index in [1.165, 1.54) is 0 Å². The summed E-state index contributed by atoms with van der Waals surface area (Å²) in [5, 5.41) is 7.04. The van der Waals surface area contributed by atoms with Crippen LogP contribution in [0.1, 0.15) is 5.56 Å². The van der Waals surface area contributed by atoms with Gasteiger partial charge in [-0.25, -0.2) is 4.98 Å². The minimum Gasteiger partial charge on any atom is -0.495 e. The lowest BCUT2D eigenvalue weighted by molar-refractivity contribution is 0.174. The van der Waals surface area contributed by atoms with E-state index in [0.29, 0.717) is 28.3 Å². The molecule has 0 aliphatic carbocycles. The SMILES string of the molecule is COc1cc(Cl)c(C)cc1Nc1ccnc(Nc2ccc3c(c2)OCO3)n1. The largest absolute Gasteiger partial charge is 0.495 e. The van der Waals surface area contributed by atoms with Crippen molar-refractivity contribution in [3.8, 4) is 17.2 Å². The number of aromatic nitrogens is 2. The first-order valence-electron chi connectivity index (χ1n) is 8.23. The van der Waals surface area contributed by atoms with Crippen LogP contribution in [-0.4, -0.2) is 23.9 Å². The molecule has 0 unspecified atom stereocenters. The molecule has 2 N–H and O–H groups in total. The number of benzene rings is 2. The van der Waals surface area contributed by atoms with Crippen LogP contribution in [0.5, 0.6) is 17.2 Å². The van der Waals surface area contributed by atoms with E-state index in [1.54, 1.807) is 25.4 Å². The molecular weight excluding hydrogens is 368 g/mol. The highest BCUT2D eigenvalue weighted by Crippen LogP contribution is 2.35. The maximum absolute atomic E-state index is 6.16. The summed E-state index contributed by atoms with van der Waals surface area (Å²) in [7, 11) is 1.60. The number of ether oxygens (including phenoxy) is 3. The molecule has 7 nitrogen and oxygen atoms in total. The van der Waals surface area contributed by atoms with Gasteiger partial charge in [-0.3, -0.25) is 0 Å². The minimum atomic E-state index is 0.233. The number of anilines is 4. The zero-order valence-corrected chi connectivity index (χ0v) is 15.5. The van der Waals surface area contributed by atoms with Crippen LogP contribution in [-0.2, 0) is 0 Å². The van der Waals surface area contributed by atoms with Crippen LogP contribution >= 0.6 is 11.6 Å². The van der Waals surface area contributed by atoms with Gasteiger partial charge in [0.15, 0.2) is 11.5 Å². The van der Waals surface area contributed by atoms with E-state index in [1.807, 2.05) is 31.2 Å². The zero-order chi connectivity index (χ0) is 18.8. The van der Waals surface area contributed by atoms with E-state index < -0.39 is 0 Å². The Kier molecular flexibility index (Phi) is 4.60. The van der Waals surface area contributed by atoms with Gasteiger partial charge in [-0.05, 0) is 36.8 Å². The van der Waals surface area contributed by atoms with Crippen molar-refractivity contribution in [3.63, 3.8) is 0 Å². The Bertz CT molecular complexity index is 997. The smallest absolute Gasteiger partial charge is 0.231 e. The Morgan fingerprint density at radius 3 is 2.78 bits per heavy atom. The van der Waals surface area contributed by atoms with Crippen LogP contribution in [0.15, 0.2) is 42.6 Å². The average molecular weight is 385 g/mol. The van der Waals surface area contributed by atoms with Gasteiger partial charge in [0.05, 0.1) is 12.8 Å². The fraction of sp³-hybridized carbons (Fsp3) is 0.158. The summed E-state index contributed by atoms with van der Waals surface area (Å²) >= 11 is 6.16. The van der Waals surface area contributed by atoms with E-state index in [-0.39, 0.29) is 6.79 Å². The molecule has 4 rings (SSSR count). The fourth-order valence-electron chi connectivity index (χ4n) is 2.66. The quantitative estimate of drug-likeness (QED) is 0.662. The van der Waals surface area contributed by atoms with E-state index in [9.17, 15) is 0 Å². The van der Waals surface area contributed by atoms with Gasteiger partial charge in [-0.2, -0.15) is 4.98 Å². The van der Waals surface area contributed by atoms with E-state index in [0.717, 1.165) is 22.7 Å². The Balaban J connectivity index is 1.55. The monoisotopic (exact) mass is 384 g/mol. The molecule has 0 saturated carbocycles. The second-order valence-corrected chi connectivity index (χ2v) is 6.29. The molecule has 0 saturated heterocycles. The van der Waals surface area contributed by atoms with Crippen molar-refractivity contribution in [1.29, 1.82) is 0 Å². The van der Waals surface area contributed by atoms with Crippen molar-refractivity contribution in [2.75, 3.05) is 24.5 Å². The second kappa shape index (κ2) is 7.20. The molecule has 0 bridgehead atoms. The Morgan fingerprint density at radius 2 is 1.93 bits per heavy atom. The van der Waals surface area contributed by atoms with Crippen LogP contribution in [0.2, 0.25) is 5.02 Å². The van der Waals surface area contributed by atoms with Gasteiger partial charge >= 0.3 is 0 Å². The summed E-state index contributed by atoms with van der Waals surface area (Å²) in [5.41, 5.74) is 2.51. The predicted molar refractivity (Wildman–Crippen MR) is 104 cm³/mol. The predicted octanol–water partition coefficient (Wildman–Crippen LogP) is 4.66. The number of hydrogen-bond acceptors (Lipinski definition) is 7. The van der Waals surface area contributed by atoms with Gasteiger partial charge in [-0.15, -0.1) is 0 Å². The third kappa shape index (κ3) is 3.68. The number of halogens is 1. The minimum absolute atomic E-state index is 0.233. The van der Waals surface area contributed by atoms with Crippen molar-refractivity contribution in [3.05, 3.63) is 53.2 Å². The molecule has 27 heavy (non-hydrogen) atoms. The summed E-state index contributed by atoms with van der Waals surface area (Å²) in [4.78, 5) is 8.75. The van der Waals surface area contributed by atoms with Crippen LogP contribution in [0.25, 0.3) is 0 Å². The van der Waals surface area contributed by atoms with Gasteiger partial charge < -0.3 is 24.8 Å². The fourth-order valence-corrected chi connectivity index (χ4v) is 2.81. The number of hydrogen-bond donors (Lipinski definition) is 2. The number of methoxy groups -OCH3 is 1. The van der Waals surface area contributed by atoms with Gasteiger partial charge in [0.25, 0.3) is 0 Å². The first-order chi connectivity index (χ1) is 13.1. The van der Waals surface area contributed by atoms with Crippen molar-refractivity contribution < 1.29 is 14.2 Å². The summed E-state index contributed by atoms with van der Waals surface area (Å²) in [6.45, 7) is 2.16. The molecule has 1 aromatic heterocycles. The van der Waals surface area contributed by atoms with Crippen LogP contribution in [0.3, 0.4) is 0 Å². The van der Waals surface area contributed by atoms with Crippen LogP contribution in [0.4, 0.5) is 23.1 Å². The van der Waals surface area contributed by atoms with Crippen LogP contribution in [0, 0.1) is 6.92 Å². The average Bonchev–Trinajstić information content (AvgIpc) is 3.12. The first-order valence-corrected chi connectivity index (χ1v) is 8.61. The van der Waals surface area contributed by atoms with E-state index in [2.05, 4.69) is 20.6 Å². The summed E-state index contributed by atoms with van der Waals surface area (Å²) < 4.78 is 16.1. The van der Waals surface area contributed by atoms with Crippen LogP contribution < -0.4 is 24.8 Å². The number of rotatable bonds is 5. The van der Waals surface area contributed by atoms with Crippen molar-refractivity contribution in [1.82, 2.24) is 9.97 Å². The lowest BCUT2D eigenvalue weighted by Crippen LogP contribution is -2.01. The molecule has 2 aromatic carbocycles. The zero-order valence-electron chi connectivity index (χ0n) is 14.7. The number of aryl methyl sites for hydroxylation is 1. The molecule has 1 aliphatic heterocycles. The van der Waals surface area contributed by atoms with Crippen molar-refractivity contribution >= 4 is 34.7 Å². The van der Waals surface area contributed by atoms with Gasteiger partial charge in [-0.1, -0.05) is 11.6 Å². The lowest BCUT2D eigenvalue weighted by Gasteiger charge is -2.13. The standard InChI is InChI=1S/C19H17ClN4O3/c1-11-7-14(16(25-2)9-13(11)20)23-18-5-6-21-19(24-18)22-12-3-4-15-17(8-12)27-10-26-15/h3-9H,10H2,1-2H3,(H2,21,22,23,24). The molecule has 0 amide bonds.